The number of piperazine rings is 1. The number of carbonyl (C=O) groups is 2. The first kappa shape index (κ1) is 17.4. The van der Waals surface area contributed by atoms with Crippen molar-refractivity contribution < 1.29 is 9.59 Å². The molecule has 1 heterocycles. The fourth-order valence-electron chi connectivity index (χ4n) is 2.53. The summed E-state index contributed by atoms with van der Waals surface area (Å²) in [5, 5.41) is 2.88. The lowest BCUT2D eigenvalue weighted by molar-refractivity contribution is 0.101. The Kier molecular flexibility index (Phi) is 6.12. The smallest absolute Gasteiger partial charge is 0.321 e. The molecule has 1 saturated heterocycles. The maximum atomic E-state index is 12.3. The molecular formula is C17H26N4O2. The van der Waals surface area contributed by atoms with Crippen molar-refractivity contribution >= 4 is 17.5 Å². The van der Waals surface area contributed by atoms with Crippen LogP contribution in [-0.2, 0) is 0 Å². The van der Waals surface area contributed by atoms with E-state index in [0.717, 1.165) is 39.3 Å². The Labute approximate surface area is 138 Å². The van der Waals surface area contributed by atoms with Gasteiger partial charge in [0, 0.05) is 50.5 Å². The highest BCUT2D eigenvalue weighted by Crippen LogP contribution is 2.13. The van der Waals surface area contributed by atoms with Crippen molar-refractivity contribution in [1.29, 1.82) is 0 Å². The number of nitrogens with one attached hydrogen (secondary N) is 1. The van der Waals surface area contributed by atoms with Crippen LogP contribution in [0, 0.1) is 0 Å². The van der Waals surface area contributed by atoms with Gasteiger partial charge in [-0.2, -0.15) is 0 Å². The lowest BCUT2D eigenvalue weighted by Gasteiger charge is -2.35. The first-order valence-corrected chi connectivity index (χ1v) is 8.00. The summed E-state index contributed by atoms with van der Waals surface area (Å²) in [5.41, 5.74) is 1.27. The molecule has 1 aromatic rings. The monoisotopic (exact) mass is 318 g/mol. The molecule has 1 N–H and O–H groups in total. The molecule has 0 aromatic heterocycles. The number of likely N-dealkylation sites (N-methyl/N-ethyl adjacent to an activating group) is 1. The Bertz CT molecular complexity index is 551. The second-order valence-corrected chi connectivity index (χ2v) is 6.20. The molecule has 0 spiro atoms. The van der Waals surface area contributed by atoms with E-state index in [1.165, 1.54) is 6.92 Å². The van der Waals surface area contributed by atoms with Gasteiger partial charge in [0.05, 0.1) is 0 Å². The fourth-order valence-corrected chi connectivity index (χ4v) is 2.53. The lowest BCUT2D eigenvalue weighted by Crippen LogP contribution is -2.51. The molecule has 6 heteroatoms. The van der Waals surface area contributed by atoms with E-state index in [0.29, 0.717) is 11.3 Å². The number of hydrogen-bond acceptors (Lipinski definition) is 4. The van der Waals surface area contributed by atoms with Crippen molar-refractivity contribution in [2.24, 2.45) is 0 Å². The van der Waals surface area contributed by atoms with E-state index in [9.17, 15) is 9.59 Å². The summed E-state index contributed by atoms with van der Waals surface area (Å²) in [4.78, 5) is 30.1. The van der Waals surface area contributed by atoms with Crippen molar-refractivity contribution in [3.05, 3.63) is 29.8 Å². The molecule has 1 fully saturated rings. The number of ketones is 1. The van der Waals surface area contributed by atoms with Gasteiger partial charge in [-0.3, -0.25) is 9.69 Å². The Balaban J connectivity index is 1.83. The molecule has 2 amide bonds. The van der Waals surface area contributed by atoms with Gasteiger partial charge < -0.3 is 15.1 Å². The molecule has 0 aliphatic carbocycles. The Hall–Kier alpha value is -1.92. The minimum atomic E-state index is -0.0991. The molecular weight excluding hydrogens is 292 g/mol. The van der Waals surface area contributed by atoms with Gasteiger partial charge in [0.25, 0.3) is 0 Å². The quantitative estimate of drug-likeness (QED) is 0.838. The van der Waals surface area contributed by atoms with Crippen LogP contribution in [0.3, 0.4) is 0 Å². The van der Waals surface area contributed by atoms with Gasteiger partial charge in [-0.25, -0.2) is 4.79 Å². The molecule has 1 aliphatic heterocycles. The average Bonchev–Trinajstić information content (AvgIpc) is 2.53. The van der Waals surface area contributed by atoms with Crippen LogP contribution in [0.1, 0.15) is 17.3 Å². The first-order chi connectivity index (χ1) is 11.0. The predicted octanol–water partition coefficient (Wildman–Crippen LogP) is 1.60. The molecule has 0 bridgehead atoms. The fraction of sp³-hybridized carbons (Fsp3) is 0.529. The van der Waals surface area contributed by atoms with E-state index in [4.69, 9.17) is 0 Å². The minimum absolute atomic E-state index is 0.00407. The van der Waals surface area contributed by atoms with Gasteiger partial charge in [0.1, 0.15) is 0 Å². The highest BCUT2D eigenvalue weighted by Gasteiger charge is 2.21. The van der Waals surface area contributed by atoms with Gasteiger partial charge in [-0.05, 0) is 33.2 Å². The maximum absolute atomic E-state index is 12.3. The SMILES string of the molecule is CC(=O)c1cccc(NC(=O)N2CCN(CCN(C)C)CC2)c1. The molecule has 0 atom stereocenters. The molecule has 126 valence electrons. The van der Waals surface area contributed by atoms with Gasteiger partial charge in [0.15, 0.2) is 5.78 Å². The molecule has 0 saturated carbocycles. The normalized spacial score (nSPS) is 15.7. The lowest BCUT2D eigenvalue weighted by atomic mass is 10.1. The summed E-state index contributed by atoms with van der Waals surface area (Å²) in [6.45, 7) is 6.84. The van der Waals surface area contributed by atoms with Gasteiger partial charge in [-0.1, -0.05) is 12.1 Å². The van der Waals surface area contributed by atoms with Crippen LogP contribution in [0.4, 0.5) is 10.5 Å². The predicted molar refractivity (Wildman–Crippen MR) is 92.0 cm³/mol. The van der Waals surface area contributed by atoms with Crippen LogP contribution < -0.4 is 5.32 Å². The second kappa shape index (κ2) is 8.08. The topological polar surface area (TPSA) is 55.9 Å². The summed E-state index contributed by atoms with van der Waals surface area (Å²) >= 11 is 0. The van der Waals surface area contributed by atoms with Gasteiger partial charge in [0.2, 0.25) is 0 Å². The molecule has 0 radical (unpaired) electrons. The number of carbonyl (C=O) groups excluding carboxylic acids is 2. The van der Waals surface area contributed by atoms with E-state index in [-0.39, 0.29) is 11.8 Å². The Morgan fingerprint density at radius 2 is 1.87 bits per heavy atom. The molecule has 1 aliphatic rings. The number of urea groups is 1. The summed E-state index contributed by atoms with van der Waals surface area (Å²) in [7, 11) is 4.14. The van der Waals surface area contributed by atoms with Crippen LogP contribution in [0.25, 0.3) is 0 Å². The van der Waals surface area contributed by atoms with Crippen LogP contribution in [0.5, 0.6) is 0 Å². The number of nitrogens with zero attached hydrogens (tertiary/aromatic N) is 3. The number of benzene rings is 1. The third kappa shape index (κ3) is 5.33. The zero-order valence-electron chi connectivity index (χ0n) is 14.2. The molecule has 23 heavy (non-hydrogen) atoms. The van der Waals surface area contributed by atoms with Crippen LogP contribution in [0.2, 0.25) is 0 Å². The van der Waals surface area contributed by atoms with E-state index >= 15 is 0 Å². The average molecular weight is 318 g/mol. The number of amides is 2. The van der Waals surface area contributed by atoms with E-state index in [1.807, 2.05) is 4.90 Å². The largest absolute Gasteiger partial charge is 0.322 e. The number of anilines is 1. The van der Waals surface area contributed by atoms with Crippen molar-refractivity contribution in [2.75, 3.05) is 58.7 Å². The van der Waals surface area contributed by atoms with Crippen molar-refractivity contribution in [1.82, 2.24) is 14.7 Å². The highest BCUT2D eigenvalue weighted by atomic mass is 16.2. The van der Waals surface area contributed by atoms with Gasteiger partial charge >= 0.3 is 6.03 Å². The molecule has 2 rings (SSSR count). The summed E-state index contributed by atoms with van der Waals surface area (Å²) < 4.78 is 0. The molecule has 6 nitrogen and oxygen atoms in total. The number of Topliss-reactive ketones (excluding diaryl/α,β-unsaturated/α-hetero) is 1. The van der Waals surface area contributed by atoms with Crippen LogP contribution >= 0.6 is 0 Å². The second-order valence-electron chi connectivity index (χ2n) is 6.20. The Morgan fingerprint density at radius 3 is 2.48 bits per heavy atom. The standard InChI is InChI=1S/C17H26N4O2/c1-14(22)15-5-4-6-16(13-15)18-17(23)21-11-9-20(10-12-21)8-7-19(2)3/h4-6,13H,7-12H2,1-3H3,(H,18,23). The summed E-state index contributed by atoms with van der Waals surface area (Å²) in [6, 6.07) is 6.95. The molecule has 1 aromatic carbocycles. The van der Waals surface area contributed by atoms with Crippen molar-refractivity contribution in [3.8, 4) is 0 Å². The number of rotatable bonds is 5. The van der Waals surface area contributed by atoms with Gasteiger partial charge in [-0.15, -0.1) is 0 Å². The Morgan fingerprint density at radius 1 is 1.17 bits per heavy atom. The van der Waals surface area contributed by atoms with E-state index < -0.39 is 0 Å². The highest BCUT2D eigenvalue weighted by molar-refractivity contribution is 5.96. The van der Waals surface area contributed by atoms with Crippen molar-refractivity contribution in [3.63, 3.8) is 0 Å². The molecule has 0 unspecified atom stereocenters. The number of hydrogen-bond donors (Lipinski definition) is 1. The maximum Gasteiger partial charge on any atom is 0.321 e. The summed E-state index contributed by atoms with van der Waals surface area (Å²) in [5.74, 6) is -0.00407. The first-order valence-electron chi connectivity index (χ1n) is 8.00. The van der Waals surface area contributed by atoms with Crippen molar-refractivity contribution in [2.45, 2.75) is 6.92 Å². The van der Waals surface area contributed by atoms with E-state index in [2.05, 4.69) is 29.2 Å². The zero-order chi connectivity index (χ0) is 16.8. The summed E-state index contributed by atoms with van der Waals surface area (Å²) in [6.07, 6.45) is 0. The zero-order valence-corrected chi connectivity index (χ0v) is 14.2. The minimum Gasteiger partial charge on any atom is -0.322 e. The van der Waals surface area contributed by atoms with E-state index in [1.54, 1.807) is 24.3 Å². The third-order valence-electron chi connectivity index (χ3n) is 4.04. The third-order valence-corrected chi connectivity index (χ3v) is 4.04. The van der Waals surface area contributed by atoms with Crippen LogP contribution in [0.15, 0.2) is 24.3 Å². The van der Waals surface area contributed by atoms with Crippen LogP contribution in [-0.4, -0.2) is 79.9 Å².